The van der Waals surface area contributed by atoms with E-state index in [0.29, 0.717) is 36.0 Å². The number of carboxylic acid groups (broad SMARTS) is 1. The number of rotatable bonds is 9. The number of carbonyl (C=O) groups is 1. The van der Waals surface area contributed by atoms with Gasteiger partial charge in [0.2, 0.25) is 0 Å². The maximum absolute atomic E-state index is 11.1. The van der Waals surface area contributed by atoms with Crippen LogP contribution < -0.4 is 9.47 Å². The molecule has 0 spiro atoms. The van der Waals surface area contributed by atoms with Crippen LogP contribution in [0.5, 0.6) is 11.5 Å². The van der Waals surface area contributed by atoms with E-state index in [2.05, 4.69) is 15.9 Å². The molecule has 0 fully saturated rings. The molecule has 8 heteroatoms. The molecule has 2 aromatic carbocycles. The van der Waals surface area contributed by atoms with E-state index in [1.807, 2.05) is 13.0 Å². The van der Waals surface area contributed by atoms with E-state index in [1.165, 1.54) is 6.08 Å². The Morgan fingerprint density at radius 2 is 1.96 bits per heavy atom. The molecular formula is C20H18BrCl3O4. The molecule has 0 saturated carbocycles. The fourth-order valence-electron chi connectivity index (χ4n) is 2.50. The zero-order chi connectivity index (χ0) is 20.7. The molecule has 4 nitrogen and oxygen atoms in total. The summed E-state index contributed by atoms with van der Waals surface area (Å²) in [5.74, 6) is 0.243. The fourth-order valence-corrected chi connectivity index (χ4v) is 3.38. The molecule has 0 amide bonds. The fraction of sp³-hybridized carbons (Fsp3) is 0.250. The molecular weight excluding hydrogens is 490 g/mol. The molecule has 28 heavy (non-hydrogen) atoms. The van der Waals surface area contributed by atoms with Gasteiger partial charge in [0.15, 0.2) is 0 Å². The van der Waals surface area contributed by atoms with Crippen molar-refractivity contribution in [2.45, 2.75) is 19.8 Å². The van der Waals surface area contributed by atoms with Crippen molar-refractivity contribution in [3.63, 3.8) is 0 Å². The van der Waals surface area contributed by atoms with Crippen LogP contribution in [0.2, 0.25) is 5.02 Å². The highest BCUT2D eigenvalue weighted by Gasteiger charge is 2.10. The van der Waals surface area contributed by atoms with E-state index in [-0.39, 0.29) is 16.7 Å². The third-order valence-corrected chi connectivity index (χ3v) is 5.18. The van der Waals surface area contributed by atoms with Crippen LogP contribution in [0, 0.1) is 6.92 Å². The van der Waals surface area contributed by atoms with Gasteiger partial charge < -0.3 is 14.6 Å². The van der Waals surface area contributed by atoms with Crippen LogP contribution in [-0.4, -0.2) is 24.3 Å². The van der Waals surface area contributed by atoms with E-state index in [1.54, 1.807) is 24.3 Å². The summed E-state index contributed by atoms with van der Waals surface area (Å²) in [5, 5.41) is 9.55. The van der Waals surface area contributed by atoms with E-state index in [4.69, 9.17) is 49.4 Å². The first kappa shape index (κ1) is 22.9. The predicted octanol–water partition coefficient (Wildman–Crippen LogP) is 6.82. The second-order valence-corrected chi connectivity index (χ2v) is 8.19. The number of halogens is 4. The SMILES string of the molecule is Cc1cc(OCC=C(Cl)Cl)cc(Cl)c1OCCCc1cc(C(=O)O)ccc1Br. The lowest BCUT2D eigenvalue weighted by atomic mass is 10.1. The van der Waals surface area contributed by atoms with Gasteiger partial charge in [-0.1, -0.05) is 50.7 Å². The number of aryl methyl sites for hydroxylation is 2. The zero-order valence-electron chi connectivity index (χ0n) is 15.0. The van der Waals surface area contributed by atoms with Gasteiger partial charge in [0.1, 0.15) is 22.6 Å². The smallest absolute Gasteiger partial charge is 0.335 e. The minimum Gasteiger partial charge on any atom is -0.492 e. The molecule has 2 aromatic rings. The van der Waals surface area contributed by atoms with Crippen LogP contribution in [0.15, 0.2) is 45.4 Å². The van der Waals surface area contributed by atoms with Crippen LogP contribution in [0.1, 0.15) is 27.9 Å². The third-order valence-electron chi connectivity index (χ3n) is 3.82. The number of benzene rings is 2. The molecule has 1 N–H and O–H groups in total. The lowest BCUT2D eigenvalue weighted by Gasteiger charge is -2.13. The Bertz CT molecular complexity index is 857. The van der Waals surface area contributed by atoms with Gasteiger partial charge in [-0.25, -0.2) is 4.79 Å². The summed E-state index contributed by atoms with van der Waals surface area (Å²) in [5.41, 5.74) is 2.03. The second kappa shape index (κ2) is 11.0. The molecule has 0 aromatic heterocycles. The molecule has 0 atom stereocenters. The zero-order valence-corrected chi connectivity index (χ0v) is 18.8. The number of aromatic carboxylic acids is 1. The van der Waals surface area contributed by atoms with Crippen molar-refractivity contribution in [3.8, 4) is 11.5 Å². The Kier molecular flexibility index (Phi) is 8.96. The van der Waals surface area contributed by atoms with Crippen molar-refractivity contribution < 1.29 is 19.4 Å². The van der Waals surface area contributed by atoms with Crippen LogP contribution in [0.25, 0.3) is 0 Å². The predicted molar refractivity (Wildman–Crippen MR) is 116 cm³/mol. The van der Waals surface area contributed by atoms with Crippen molar-refractivity contribution >= 4 is 56.7 Å². The van der Waals surface area contributed by atoms with E-state index in [9.17, 15) is 4.79 Å². The van der Waals surface area contributed by atoms with E-state index in [0.717, 1.165) is 15.6 Å². The van der Waals surface area contributed by atoms with Crippen molar-refractivity contribution in [3.05, 3.63) is 67.1 Å². The standard InChI is InChI=1S/C20H18BrCl3O4/c1-12-9-15(27-8-6-18(23)24)11-17(22)19(12)28-7-2-3-13-10-14(20(25)26)4-5-16(13)21/h4-6,9-11H,2-3,7-8H2,1H3,(H,25,26). The molecule has 150 valence electrons. The van der Waals surface area contributed by atoms with Gasteiger partial charge in [-0.2, -0.15) is 0 Å². The first-order chi connectivity index (χ1) is 13.3. The Morgan fingerprint density at radius 3 is 2.61 bits per heavy atom. The molecule has 0 aliphatic rings. The highest BCUT2D eigenvalue weighted by molar-refractivity contribution is 9.10. The number of hydrogen-bond donors (Lipinski definition) is 1. The van der Waals surface area contributed by atoms with Gasteiger partial charge in [-0.15, -0.1) is 0 Å². The summed E-state index contributed by atoms with van der Waals surface area (Å²) in [6.45, 7) is 2.56. The lowest BCUT2D eigenvalue weighted by molar-refractivity contribution is 0.0696. The van der Waals surface area contributed by atoms with Crippen LogP contribution >= 0.6 is 50.7 Å². The van der Waals surface area contributed by atoms with Crippen LogP contribution in [0.3, 0.4) is 0 Å². The highest BCUT2D eigenvalue weighted by Crippen LogP contribution is 2.33. The minimum atomic E-state index is -0.946. The largest absolute Gasteiger partial charge is 0.492 e. The minimum absolute atomic E-state index is 0.142. The lowest BCUT2D eigenvalue weighted by Crippen LogP contribution is -2.03. The maximum atomic E-state index is 11.1. The van der Waals surface area contributed by atoms with Gasteiger partial charge in [-0.05, 0) is 61.2 Å². The van der Waals surface area contributed by atoms with Gasteiger partial charge in [0.25, 0.3) is 0 Å². The quantitative estimate of drug-likeness (QED) is 0.378. The summed E-state index contributed by atoms with van der Waals surface area (Å²) < 4.78 is 12.4. The van der Waals surface area contributed by atoms with E-state index < -0.39 is 5.97 Å². The summed E-state index contributed by atoms with van der Waals surface area (Å²) in [6, 6.07) is 8.47. The average Bonchev–Trinajstić information content (AvgIpc) is 2.61. The molecule has 0 bridgehead atoms. The Labute approximate surface area is 187 Å². The van der Waals surface area contributed by atoms with Crippen molar-refractivity contribution in [1.29, 1.82) is 0 Å². The first-order valence-electron chi connectivity index (χ1n) is 8.36. The Balaban J connectivity index is 1.93. The number of carboxylic acids is 1. The summed E-state index contributed by atoms with van der Waals surface area (Å²) in [4.78, 5) is 11.1. The monoisotopic (exact) mass is 506 g/mol. The van der Waals surface area contributed by atoms with Crippen molar-refractivity contribution in [2.24, 2.45) is 0 Å². The number of hydrogen-bond acceptors (Lipinski definition) is 3. The third kappa shape index (κ3) is 6.89. The van der Waals surface area contributed by atoms with Gasteiger partial charge >= 0.3 is 5.97 Å². The maximum Gasteiger partial charge on any atom is 0.335 e. The van der Waals surface area contributed by atoms with Gasteiger partial charge in [0, 0.05) is 10.5 Å². The summed E-state index contributed by atoms with van der Waals surface area (Å²) >= 11 is 20.9. The molecule has 0 aliphatic carbocycles. The topological polar surface area (TPSA) is 55.8 Å². The normalized spacial score (nSPS) is 10.5. The highest BCUT2D eigenvalue weighted by atomic mass is 79.9. The summed E-state index contributed by atoms with van der Waals surface area (Å²) in [7, 11) is 0. The Morgan fingerprint density at radius 1 is 1.21 bits per heavy atom. The first-order valence-corrected chi connectivity index (χ1v) is 10.3. The van der Waals surface area contributed by atoms with Crippen molar-refractivity contribution in [1.82, 2.24) is 0 Å². The molecule has 0 heterocycles. The average molecular weight is 509 g/mol. The molecule has 0 aliphatic heterocycles. The summed E-state index contributed by atoms with van der Waals surface area (Å²) in [6.07, 6.45) is 2.91. The van der Waals surface area contributed by atoms with Gasteiger partial charge in [0.05, 0.1) is 17.2 Å². The molecule has 2 rings (SSSR count). The molecule has 0 unspecified atom stereocenters. The van der Waals surface area contributed by atoms with Crippen LogP contribution in [0.4, 0.5) is 0 Å². The van der Waals surface area contributed by atoms with Crippen molar-refractivity contribution in [2.75, 3.05) is 13.2 Å². The van der Waals surface area contributed by atoms with E-state index >= 15 is 0 Å². The number of ether oxygens (including phenoxy) is 2. The molecule has 0 radical (unpaired) electrons. The second-order valence-electron chi connectivity index (χ2n) is 5.92. The molecule has 0 saturated heterocycles. The van der Waals surface area contributed by atoms with Gasteiger partial charge in [-0.3, -0.25) is 0 Å². The van der Waals surface area contributed by atoms with Crippen LogP contribution in [-0.2, 0) is 6.42 Å². The Hall–Kier alpha value is -1.40.